The summed E-state index contributed by atoms with van der Waals surface area (Å²) in [4.78, 5) is 31.2. The maximum Gasteiger partial charge on any atom is 0.439 e. The van der Waals surface area contributed by atoms with Crippen molar-refractivity contribution < 1.29 is 9.26 Å². The quantitative estimate of drug-likeness (QED) is 0.413. The Morgan fingerprint density at radius 3 is 2.65 bits per heavy atom. The van der Waals surface area contributed by atoms with Crippen molar-refractivity contribution in [2.45, 2.75) is 51.1 Å². The summed E-state index contributed by atoms with van der Waals surface area (Å²) in [6.07, 6.45) is 9.37. The van der Waals surface area contributed by atoms with Crippen LogP contribution in [0.25, 0.3) is 33.8 Å². The maximum absolute atomic E-state index is 11.7. The van der Waals surface area contributed by atoms with E-state index in [1.165, 1.54) is 25.7 Å². The Morgan fingerprint density at radius 2 is 2.00 bits per heavy atom. The molecule has 6 heterocycles. The fraction of sp³-hybridized carbons (Fsp3) is 0.500. The van der Waals surface area contributed by atoms with E-state index in [1.807, 2.05) is 12.1 Å². The summed E-state index contributed by atoms with van der Waals surface area (Å²) in [7, 11) is 0. The molecule has 1 spiro atoms. The molecule has 0 unspecified atom stereocenters. The Balaban J connectivity index is 1.44. The molecule has 4 aromatic heterocycles. The fourth-order valence-electron chi connectivity index (χ4n) is 5.99. The van der Waals surface area contributed by atoms with Crippen molar-refractivity contribution >= 4 is 28.6 Å². The van der Waals surface area contributed by atoms with Gasteiger partial charge in [-0.2, -0.15) is 0 Å². The lowest BCUT2D eigenvalue weighted by Gasteiger charge is -2.58. The summed E-state index contributed by atoms with van der Waals surface area (Å²) >= 11 is 6.36. The molecular formula is C26H28ClN7O3. The van der Waals surface area contributed by atoms with Crippen molar-refractivity contribution in [1.29, 1.82) is 0 Å². The molecule has 0 amide bonds. The molecule has 2 saturated heterocycles. The zero-order valence-electron chi connectivity index (χ0n) is 20.6. The van der Waals surface area contributed by atoms with Crippen LogP contribution in [0.2, 0.25) is 5.02 Å². The summed E-state index contributed by atoms with van der Waals surface area (Å²) in [5, 5.41) is 4.40. The minimum Gasteiger partial charge on any atom is -0.376 e. The summed E-state index contributed by atoms with van der Waals surface area (Å²) in [6.45, 7) is 5.62. The van der Waals surface area contributed by atoms with Gasteiger partial charge in [0, 0.05) is 31.0 Å². The molecule has 0 atom stereocenters. The standard InChI is InChI=1S/C26H28ClN7O3/c1-15-2-4-16(5-3-15)12-33-22-19(30-24(33)34-7-6-26(34)13-36-14-26)9-20(23-31-25(35)37-32-23)29-21(22)17-8-18(27)11-28-10-17/h8-11,15-16H,2-7,12-14H2,1H3,(H,31,32,35). The average molecular weight is 522 g/mol. The van der Waals surface area contributed by atoms with Crippen LogP contribution in [0.1, 0.15) is 39.0 Å². The third kappa shape index (κ3) is 3.85. The number of ether oxygens (including phenoxy) is 1. The van der Waals surface area contributed by atoms with E-state index in [0.29, 0.717) is 22.3 Å². The second-order valence-electron chi connectivity index (χ2n) is 10.8. The molecule has 0 bridgehead atoms. The number of nitrogens with one attached hydrogen (secondary N) is 1. The molecule has 1 aliphatic carbocycles. The number of fused-ring (bicyclic) bond motifs is 1. The molecule has 3 fully saturated rings. The van der Waals surface area contributed by atoms with Crippen LogP contribution < -0.4 is 10.7 Å². The van der Waals surface area contributed by atoms with Crippen LogP contribution in [0.4, 0.5) is 5.95 Å². The van der Waals surface area contributed by atoms with Gasteiger partial charge >= 0.3 is 5.76 Å². The molecule has 0 aromatic carbocycles. The van der Waals surface area contributed by atoms with Crippen molar-refractivity contribution in [1.82, 2.24) is 29.7 Å². The number of aromatic amines is 1. The largest absolute Gasteiger partial charge is 0.439 e. The molecule has 192 valence electrons. The number of halogens is 1. The number of anilines is 1. The topological polar surface area (TPSA) is 115 Å². The monoisotopic (exact) mass is 521 g/mol. The molecule has 1 N–H and O–H groups in total. The molecule has 11 heteroatoms. The molecule has 0 radical (unpaired) electrons. The van der Waals surface area contributed by atoms with Crippen LogP contribution in [0.15, 0.2) is 33.8 Å². The first kappa shape index (κ1) is 22.9. The predicted octanol–water partition coefficient (Wildman–Crippen LogP) is 4.30. The van der Waals surface area contributed by atoms with E-state index < -0.39 is 5.76 Å². The average Bonchev–Trinajstić information content (AvgIpc) is 3.42. The first-order chi connectivity index (χ1) is 18.0. The molecule has 2 aliphatic heterocycles. The number of hydrogen-bond acceptors (Lipinski definition) is 8. The zero-order valence-corrected chi connectivity index (χ0v) is 21.4. The van der Waals surface area contributed by atoms with Gasteiger partial charge in [0.05, 0.1) is 40.5 Å². The first-order valence-corrected chi connectivity index (χ1v) is 13.3. The lowest BCUT2D eigenvalue weighted by molar-refractivity contribution is -0.0859. The number of imidazole rings is 1. The lowest BCUT2D eigenvalue weighted by atomic mass is 9.82. The van der Waals surface area contributed by atoms with E-state index in [-0.39, 0.29) is 11.4 Å². The minimum atomic E-state index is -0.631. The van der Waals surface area contributed by atoms with Crippen molar-refractivity contribution in [3.63, 3.8) is 0 Å². The summed E-state index contributed by atoms with van der Waals surface area (Å²) < 4.78 is 12.7. The van der Waals surface area contributed by atoms with Gasteiger partial charge in [-0.3, -0.25) is 14.5 Å². The van der Waals surface area contributed by atoms with Gasteiger partial charge in [0.15, 0.2) is 0 Å². The van der Waals surface area contributed by atoms with Crippen LogP contribution in [-0.4, -0.2) is 55.0 Å². The number of hydrogen-bond donors (Lipinski definition) is 1. The maximum atomic E-state index is 11.7. The van der Waals surface area contributed by atoms with E-state index in [2.05, 4.69) is 31.5 Å². The second kappa shape index (κ2) is 8.66. The summed E-state index contributed by atoms with van der Waals surface area (Å²) in [5.74, 6) is 1.93. The number of pyridine rings is 2. The van der Waals surface area contributed by atoms with Gasteiger partial charge in [-0.1, -0.05) is 36.5 Å². The Bertz CT molecular complexity index is 1530. The van der Waals surface area contributed by atoms with Crippen molar-refractivity contribution in [2.75, 3.05) is 24.7 Å². The molecule has 1 saturated carbocycles. The zero-order chi connectivity index (χ0) is 25.1. The van der Waals surface area contributed by atoms with Crippen LogP contribution >= 0.6 is 11.6 Å². The highest BCUT2D eigenvalue weighted by molar-refractivity contribution is 6.30. The van der Waals surface area contributed by atoms with Gasteiger partial charge in [-0.15, -0.1) is 0 Å². The number of aromatic nitrogens is 6. The van der Waals surface area contributed by atoms with Crippen LogP contribution in [-0.2, 0) is 11.3 Å². The molecule has 7 rings (SSSR count). The Labute approximate surface area is 218 Å². The SMILES string of the molecule is CC1CCC(Cn2c(N3CCC34COC4)nc3cc(-c4noc(=O)[nH]4)nc(-c4cncc(Cl)c4)c32)CC1. The van der Waals surface area contributed by atoms with Gasteiger partial charge in [-0.05, 0) is 43.2 Å². The molecule has 37 heavy (non-hydrogen) atoms. The highest BCUT2D eigenvalue weighted by Crippen LogP contribution is 2.44. The van der Waals surface area contributed by atoms with Crippen LogP contribution in [0.3, 0.4) is 0 Å². The third-order valence-corrected chi connectivity index (χ3v) is 8.50. The predicted molar refractivity (Wildman–Crippen MR) is 139 cm³/mol. The van der Waals surface area contributed by atoms with E-state index in [0.717, 1.165) is 61.2 Å². The smallest absolute Gasteiger partial charge is 0.376 e. The van der Waals surface area contributed by atoms with E-state index in [1.54, 1.807) is 12.4 Å². The Kier molecular flexibility index (Phi) is 5.37. The first-order valence-electron chi connectivity index (χ1n) is 12.9. The lowest BCUT2D eigenvalue weighted by Crippen LogP contribution is -2.71. The fourth-order valence-corrected chi connectivity index (χ4v) is 6.16. The number of H-pyrrole nitrogens is 1. The number of nitrogens with zero attached hydrogens (tertiary/aromatic N) is 6. The summed E-state index contributed by atoms with van der Waals surface area (Å²) in [5.41, 5.74) is 3.71. The van der Waals surface area contributed by atoms with Gasteiger partial charge in [0.2, 0.25) is 11.8 Å². The number of rotatable bonds is 5. The van der Waals surface area contributed by atoms with Gasteiger partial charge < -0.3 is 14.2 Å². The normalized spacial score (nSPS) is 22.8. The van der Waals surface area contributed by atoms with E-state index in [9.17, 15) is 4.79 Å². The van der Waals surface area contributed by atoms with Crippen LogP contribution in [0.5, 0.6) is 0 Å². The molecular weight excluding hydrogens is 494 g/mol. The van der Waals surface area contributed by atoms with Gasteiger partial charge in [0.25, 0.3) is 0 Å². The summed E-state index contributed by atoms with van der Waals surface area (Å²) in [6, 6.07) is 3.73. The van der Waals surface area contributed by atoms with Crippen molar-refractivity contribution in [2.24, 2.45) is 11.8 Å². The third-order valence-electron chi connectivity index (χ3n) is 8.30. The van der Waals surface area contributed by atoms with Gasteiger partial charge in [-0.25, -0.2) is 14.8 Å². The highest BCUT2D eigenvalue weighted by atomic mass is 35.5. The Hall–Kier alpha value is -3.24. The van der Waals surface area contributed by atoms with E-state index >= 15 is 0 Å². The second-order valence-corrected chi connectivity index (χ2v) is 11.3. The Morgan fingerprint density at radius 1 is 1.16 bits per heavy atom. The molecule has 3 aliphatic rings. The van der Waals surface area contributed by atoms with Crippen molar-refractivity contribution in [3.05, 3.63) is 40.1 Å². The van der Waals surface area contributed by atoms with E-state index in [4.69, 9.17) is 30.8 Å². The van der Waals surface area contributed by atoms with Crippen LogP contribution in [0, 0.1) is 11.8 Å². The minimum absolute atomic E-state index is 0.0333. The molecule has 10 nitrogen and oxygen atoms in total. The van der Waals surface area contributed by atoms with Gasteiger partial charge in [0.1, 0.15) is 5.69 Å². The molecule has 4 aromatic rings. The van der Waals surface area contributed by atoms with Crippen molar-refractivity contribution in [3.8, 4) is 22.8 Å². The highest BCUT2D eigenvalue weighted by Gasteiger charge is 2.52.